The zero-order valence-corrected chi connectivity index (χ0v) is 7.81. The number of hydrogen-bond acceptors (Lipinski definition) is 2. The highest BCUT2D eigenvalue weighted by Crippen LogP contribution is 2.24. The molecule has 0 aliphatic carbocycles. The minimum absolute atomic E-state index is 0.381. The zero-order valence-electron chi connectivity index (χ0n) is 6.23. The normalized spacial score (nSPS) is 10.9. The molecule has 0 aliphatic rings. The average Bonchev–Trinajstić information content (AvgIpc) is 2.42. The number of halogens is 2. The molecule has 0 saturated carbocycles. The summed E-state index contributed by atoms with van der Waals surface area (Å²) in [4.78, 5) is 3.87. The lowest BCUT2D eigenvalue weighted by Gasteiger charge is -1.94. The maximum Gasteiger partial charge on any atom is 0.167 e. The van der Waals surface area contributed by atoms with Crippen LogP contribution < -0.4 is 0 Å². The molecule has 0 amide bonds. The summed E-state index contributed by atoms with van der Waals surface area (Å²) in [6.45, 7) is 1.81. The van der Waals surface area contributed by atoms with E-state index < -0.39 is 0 Å². The lowest BCUT2D eigenvalue weighted by Crippen LogP contribution is -1.85. The van der Waals surface area contributed by atoms with Gasteiger partial charge >= 0.3 is 0 Å². The lowest BCUT2D eigenvalue weighted by atomic mass is 10.2. The summed E-state index contributed by atoms with van der Waals surface area (Å²) in [6.07, 6.45) is 1.18. The third-order valence-electron chi connectivity index (χ3n) is 1.69. The Bertz CT molecular complexity index is 437. The smallest absolute Gasteiger partial charge is 0.167 e. The monoisotopic (exact) mass is 229 g/mol. The molecule has 2 aromatic rings. The standard InChI is InChI=1S/C7H5BrFN3/c1-3-5-6(4(9)2-10-3)11-12-7(5)8/h2H,1H3,(H,11,12). The highest BCUT2D eigenvalue weighted by atomic mass is 79.9. The molecule has 0 fully saturated rings. The second-order valence-corrected chi connectivity index (χ2v) is 3.21. The second-order valence-electron chi connectivity index (χ2n) is 2.46. The summed E-state index contributed by atoms with van der Waals surface area (Å²) in [5.41, 5.74) is 1.15. The van der Waals surface area contributed by atoms with Crippen LogP contribution in [-0.4, -0.2) is 15.2 Å². The molecule has 0 aliphatic heterocycles. The molecule has 0 radical (unpaired) electrons. The quantitative estimate of drug-likeness (QED) is 0.753. The van der Waals surface area contributed by atoms with Gasteiger partial charge in [-0.3, -0.25) is 10.1 Å². The number of nitrogens with zero attached hydrogens (tertiary/aromatic N) is 2. The van der Waals surface area contributed by atoms with Crippen molar-refractivity contribution < 1.29 is 4.39 Å². The number of aromatic nitrogens is 3. The summed E-state index contributed by atoms with van der Waals surface area (Å²) < 4.78 is 13.6. The number of hydrogen-bond donors (Lipinski definition) is 1. The largest absolute Gasteiger partial charge is 0.274 e. The van der Waals surface area contributed by atoms with Gasteiger partial charge < -0.3 is 0 Å². The van der Waals surface area contributed by atoms with Gasteiger partial charge in [-0.15, -0.1) is 0 Å². The fourth-order valence-corrected chi connectivity index (χ4v) is 1.68. The van der Waals surface area contributed by atoms with Crippen LogP contribution in [-0.2, 0) is 0 Å². The topological polar surface area (TPSA) is 41.6 Å². The fourth-order valence-electron chi connectivity index (χ4n) is 1.11. The minimum atomic E-state index is -0.381. The zero-order chi connectivity index (χ0) is 8.72. The maximum atomic E-state index is 13.0. The van der Waals surface area contributed by atoms with E-state index in [-0.39, 0.29) is 5.82 Å². The van der Waals surface area contributed by atoms with Gasteiger partial charge in [0.05, 0.1) is 11.6 Å². The van der Waals surface area contributed by atoms with Crippen molar-refractivity contribution in [3.8, 4) is 0 Å². The van der Waals surface area contributed by atoms with Crippen LogP contribution >= 0.6 is 15.9 Å². The van der Waals surface area contributed by atoms with Crippen LogP contribution in [0.15, 0.2) is 10.8 Å². The van der Waals surface area contributed by atoms with Crippen LogP contribution in [0.4, 0.5) is 4.39 Å². The van der Waals surface area contributed by atoms with E-state index in [1.165, 1.54) is 6.20 Å². The molecule has 5 heteroatoms. The Hall–Kier alpha value is -0.970. The van der Waals surface area contributed by atoms with Gasteiger partial charge in [0, 0.05) is 5.69 Å². The molecule has 0 aromatic carbocycles. The number of aromatic amines is 1. The molecular formula is C7H5BrFN3. The summed E-state index contributed by atoms with van der Waals surface area (Å²) in [7, 11) is 0. The summed E-state index contributed by atoms with van der Waals surface area (Å²) >= 11 is 3.20. The average molecular weight is 230 g/mol. The number of fused-ring (bicyclic) bond motifs is 1. The fraction of sp³-hybridized carbons (Fsp3) is 0.143. The first-order valence-electron chi connectivity index (χ1n) is 3.35. The van der Waals surface area contributed by atoms with Crippen LogP contribution in [0.5, 0.6) is 0 Å². The SMILES string of the molecule is Cc1ncc(F)c2[nH]nc(Br)c12. The molecule has 3 nitrogen and oxygen atoms in total. The highest BCUT2D eigenvalue weighted by Gasteiger charge is 2.10. The Labute approximate surface area is 76.1 Å². The Kier molecular flexibility index (Phi) is 1.61. The molecule has 2 aromatic heterocycles. The third kappa shape index (κ3) is 0.929. The van der Waals surface area contributed by atoms with Crippen molar-refractivity contribution in [2.45, 2.75) is 6.92 Å². The number of nitrogens with one attached hydrogen (secondary N) is 1. The summed E-state index contributed by atoms with van der Waals surface area (Å²) in [5.74, 6) is -0.381. The molecular weight excluding hydrogens is 225 g/mol. The van der Waals surface area contributed by atoms with Crippen LogP contribution in [0.25, 0.3) is 10.9 Å². The van der Waals surface area contributed by atoms with Crippen molar-refractivity contribution in [2.24, 2.45) is 0 Å². The number of rotatable bonds is 0. The molecule has 2 rings (SSSR count). The highest BCUT2D eigenvalue weighted by molar-refractivity contribution is 9.10. The van der Waals surface area contributed by atoms with Gasteiger partial charge in [-0.25, -0.2) is 4.39 Å². The predicted molar refractivity (Wildman–Crippen MR) is 46.3 cm³/mol. The molecule has 0 bridgehead atoms. The van der Waals surface area contributed by atoms with Crippen molar-refractivity contribution >= 4 is 26.8 Å². The van der Waals surface area contributed by atoms with Gasteiger partial charge in [-0.1, -0.05) is 0 Å². The molecule has 0 atom stereocenters. The molecule has 62 valence electrons. The first kappa shape index (κ1) is 7.67. The molecule has 12 heavy (non-hydrogen) atoms. The van der Waals surface area contributed by atoms with Crippen LogP contribution in [0.2, 0.25) is 0 Å². The van der Waals surface area contributed by atoms with Gasteiger partial charge in [0.1, 0.15) is 10.1 Å². The van der Waals surface area contributed by atoms with Crippen molar-refractivity contribution in [3.05, 3.63) is 22.3 Å². The molecule has 0 spiro atoms. The van der Waals surface area contributed by atoms with Crippen LogP contribution in [0.3, 0.4) is 0 Å². The van der Waals surface area contributed by atoms with Crippen LogP contribution in [0, 0.1) is 12.7 Å². The number of aryl methyl sites for hydroxylation is 1. The van der Waals surface area contributed by atoms with Gasteiger partial charge in [0.15, 0.2) is 5.82 Å². The van der Waals surface area contributed by atoms with E-state index >= 15 is 0 Å². The number of H-pyrrole nitrogens is 1. The van der Waals surface area contributed by atoms with Gasteiger partial charge in [0.2, 0.25) is 0 Å². The number of pyridine rings is 1. The molecule has 2 heterocycles. The summed E-state index contributed by atoms with van der Waals surface area (Å²) in [5, 5.41) is 7.12. The third-order valence-corrected chi connectivity index (χ3v) is 2.27. The van der Waals surface area contributed by atoms with Crippen LogP contribution in [0.1, 0.15) is 5.69 Å². The Morgan fingerprint density at radius 1 is 1.58 bits per heavy atom. The van der Waals surface area contributed by atoms with Crippen molar-refractivity contribution in [1.82, 2.24) is 15.2 Å². The van der Waals surface area contributed by atoms with E-state index in [2.05, 4.69) is 31.1 Å². The molecule has 0 unspecified atom stereocenters. The first-order chi connectivity index (χ1) is 5.70. The van der Waals surface area contributed by atoms with E-state index in [4.69, 9.17) is 0 Å². The van der Waals surface area contributed by atoms with Crippen molar-refractivity contribution in [1.29, 1.82) is 0 Å². The Balaban J connectivity index is 2.98. The Morgan fingerprint density at radius 3 is 3.00 bits per heavy atom. The first-order valence-corrected chi connectivity index (χ1v) is 4.14. The van der Waals surface area contributed by atoms with E-state index in [0.717, 1.165) is 5.69 Å². The molecule has 1 N–H and O–H groups in total. The summed E-state index contributed by atoms with van der Waals surface area (Å²) in [6, 6.07) is 0. The second kappa shape index (κ2) is 2.52. The van der Waals surface area contributed by atoms with Gasteiger partial charge in [-0.2, -0.15) is 5.10 Å². The predicted octanol–water partition coefficient (Wildman–Crippen LogP) is 2.17. The van der Waals surface area contributed by atoms with Crippen molar-refractivity contribution in [3.63, 3.8) is 0 Å². The van der Waals surface area contributed by atoms with Gasteiger partial charge in [0.25, 0.3) is 0 Å². The van der Waals surface area contributed by atoms with E-state index in [1.807, 2.05) is 6.92 Å². The lowest BCUT2D eigenvalue weighted by molar-refractivity contribution is 0.629. The maximum absolute atomic E-state index is 13.0. The van der Waals surface area contributed by atoms with E-state index in [0.29, 0.717) is 15.5 Å². The van der Waals surface area contributed by atoms with Gasteiger partial charge in [-0.05, 0) is 22.9 Å². The Morgan fingerprint density at radius 2 is 2.33 bits per heavy atom. The van der Waals surface area contributed by atoms with Crippen molar-refractivity contribution in [2.75, 3.05) is 0 Å². The minimum Gasteiger partial charge on any atom is -0.274 e. The van der Waals surface area contributed by atoms with E-state index in [9.17, 15) is 4.39 Å². The van der Waals surface area contributed by atoms with E-state index in [1.54, 1.807) is 0 Å². The molecule has 0 saturated heterocycles.